The second kappa shape index (κ2) is 4.66. The van der Waals surface area contributed by atoms with Gasteiger partial charge in [-0.15, -0.1) is 0 Å². The zero-order chi connectivity index (χ0) is 13.3. The third-order valence-corrected chi connectivity index (χ3v) is 3.46. The largest absolute Gasteiger partial charge is 0.323 e. The molecule has 1 heterocycles. The lowest BCUT2D eigenvalue weighted by Crippen LogP contribution is -2.32. The van der Waals surface area contributed by atoms with Crippen molar-refractivity contribution in [1.82, 2.24) is 10.2 Å². The Hall–Kier alpha value is -1.46. The van der Waals surface area contributed by atoms with Gasteiger partial charge in [-0.1, -0.05) is 0 Å². The van der Waals surface area contributed by atoms with E-state index in [-0.39, 0.29) is 37.5 Å². The van der Waals surface area contributed by atoms with Gasteiger partial charge in [0, 0.05) is 18.8 Å². The Morgan fingerprint density at radius 3 is 2.50 bits per heavy atom. The topological polar surface area (TPSA) is 57.8 Å². The fourth-order valence-electron chi connectivity index (χ4n) is 2.26. The third kappa shape index (κ3) is 2.68. The molecule has 0 radical (unpaired) electrons. The fourth-order valence-corrected chi connectivity index (χ4v) is 2.26. The number of aryl methyl sites for hydroxylation is 2. The molecule has 0 bridgehead atoms. The van der Waals surface area contributed by atoms with E-state index in [4.69, 9.17) is 0 Å². The van der Waals surface area contributed by atoms with Gasteiger partial charge in [0.15, 0.2) is 0 Å². The first-order valence-corrected chi connectivity index (χ1v) is 6.09. The summed E-state index contributed by atoms with van der Waals surface area (Å²) in [5.74, 6) is -3.10. The Labute approximate surface area is 104 Å². The number of anilines is 1. The summed E-state index contributed by atoms with van der Waals surface area (Å²) in [5, 5.41) is 9.53. The molecule has 2 rings (SSSR count). The summed E-state index contributed by atoms with van der Waals surface area (Å²) in [6, 6.07) is 0. The standard InChI is InChI=1S/C12H17F2N3O/c1-7-10(8(2)17-16-7)15-11(18)9-3-5-12(13,14)6-4-9/h9H,3-6H2,1-2H3,(H,15,18)(H,16,17). The number of aromatic nitrogens is 2. The average Bonchev–Trinajstić information content (AvgIpc) is 2.60. The minimum Gasteiger partial charge on any atom is -0.323 e. The molecule has 1 saturated carbocycles. The van der Waals surface area contributed by atoms with E-state index in [1.165, 1.54) is 0 Å². The van der Waals surface area contributed by atoms with Crippen molar-refractivity contribution in [3.63, 3.8) is 0 Å². The maximum Gasteiger partial charge on any atom is 0.248 e. The predicted molar refractivity (Wildman–Crippen MR) is 63.6 cm³/mol. The molecule has 18 heavy (non-hydrogen) atoms. The van der Waals surface area contributed by atoms with Gasteiger partial charge >= 0.3 is 0 Å². The molecular weight excluding hydrogens is 240 g/mol. The highest BCUT2D eigenvalue weighted by Crippen LogP contribution is 2.36. The summed E-state index contributed by atoms with van der Waals surface area (Å²) >= 11 is 0. The number of hydrogen-bond donors (Lipinski definition) is 2. The molecule has 1 amide bonds. The molecule has 4 nitrogen and oxygen atoms in total. The van der Waals surface area contributed by atoms with Crippen molar-refractivity contribution in [3.05, 3.63) is 11.4 Å². The van der Waals surface area contributed by atoms with Crippen LogP contribution in [-0.4, -0.2) is 22.0 Å². The molecule has 1 aliphatic carbocycles. The van der Waals surface area contributed by atoms with Gasteiger partial charge in [0.1, 0.15) is 0 Å². The van der Waals surface area contributed by atoms with Crippen molar-refractivity contribution >= 4 is 11.6 Å². The SMILES string of the molecule is Cc1n[nH]c(C)c1NC(=O)C1CCC(F)(F)CC1. The van der Waals surface area contributed by atoms with Crippen molar-refractivity contribution in [2.45, 2.75) is 45.5 Å². The van der Waals surface area contributed by atoms with E-state index in [1.807, 2.05) is 6.92 Å². The van der Waals surface area contributed by atoms with Gasteiger partial charge in [-0.25, -0.2) is 8.78 Å². The molecule has 1 aromatic rings. The number of aromatic amines is 1. The lowest BCUT2D eigenvalue weighted by molar-refractivity contribution is -0.124. The first-order valence-electron chi connectivity index (χ1n) is 6.09. The van der Waals surface area contributed by atoms with Crippen molar-refractivity contribution in [1.29, 1.82) is 0 Å². The van der Waals surface area contributed by atoms with Crippen LogP contribution in [0.25, 0.3) is 0 Å². The zero-order valence-corrected chi connectivity index (χ0v) is 10.5. The van der Waals surface area contributed by atoms with E-state index in [9.17, 15) is 13.6 Å². The monoisotopic (exact) mass is 257 g/mol. The van der Waals surface area contributed by atoms with Crippen LogP contribution in [0.2, 0.25) is 0 Å². The number of H-pyrrole nitrogens is 1. The minimum absolute atomic E-state index is 0.182. The normalized spacial score (nSPS) is 19.8. The maximum absolute atomic E-state index is 13.0. The average molecular weight is 257 g/mol. The van der Waals surface area contributed by atoms with Gasteiger partial charge < -0.3 is 5.32 Å². The number of rotatable bonds is 2. The van der Waals surface area contributed by atoms with Gasteiger partial charge in [0.05, 0.1) is 17.1 Å². The summed E-state index contributed by atoms with van der Waals surface area (Å²) in [6.07, 6.45) is 0.0897. The van der Waals surface area contributed by atoms with E-state index < -0.39 is 5.92 Å². The number of amides is 1. The molecule has 6 heteroatoms. The van der Waals surface area contributed by atoms with Crippen LogP contribution < -0.4 is 5.32 Å². The Morgan fingerprint density at radius 2 is 2.00 bits per heavy atom. The van der Waals surface area contributed by atoms with Crippen LogP contribution in [0.5, 0.6) is 0 Å². The lowest BCUT2D eigenvalue weighted by Gasteiger charge is -2.27. The number of hydrogen-bond acceptors (Lipinski definition) is 2. The Kier molecular flexibility index (Phi) is 3.36. The van der Waals surface area contributed by atoms with Crippen LogP contribution in [-0.2, 0) is 4.79 Å². The predicted octanol–water partition coefficient (Wildman–Crippen LogP) is 2.79. The van der Waals surface area contributed by atoms with Gasteiger partial charge in [-0.3, -0.25) is 9.89 Å². The number of halogens is 2. The number of nitrogens with zero attached hydrogens (tertiary/aromatic N) is 1. The number of alkyl halides is 2. The molecule has 0 spiro atoms. The van der Waals surface area contributed by atoms with Gasteiger partial charge in [0.25, 0.3) is 0 Å². The van der Waals surface area contributed by atoms with Gasteiger partial charge in [0.2, 0.25) is 11.8 Å². The molecule has 2 N–H and O–H groups in total. The molecule has 0 aliphatic heterocycles. The summed E-state index contributed by atoms with van der Waals surface area (Å²) in [5.41, 5.74) is 2.15. The molecule has 0 unspecified atom stereocenters. The molecule has 1 aliphatic rings. The van der Waals surface area contributed by atoms with E-state index in [1.54, 1.807) is 6.92 Å². The summed E-state index contributed by atoms with van der Waals surface area (Å²) in [7, 11) is 0. The van der Waals surface area contributed by atoms with Crippen LogP contribution in [0.1, 0.15) is 37.1 Å². The van der Waals surface area contributed by atoms with Crippen LogP contribution >= 0.6 is 0 Å². The molecule has 1 aromatic heterocycles. The van der Waals surface area contributed by atoms with Crippen molar-refractivity contribution in [2.75, 3.05) is 5.32 Å². The highest BCUT2D eigenvalue weighted by Gasteiger charge is 2.37. The van der Waals surface area contributed by atoms with Gasteiger partial charge in [-0.05, 0) is 26.7 Å². The maximum atomic E-state index is 13.0. The highest BCUT2D eigenvalue weighted by molar-refractivity contribution is 5.93. The summed E-state index contributed by atoms with van der Waals surface area (Å²) in [6.45, 7) is 3.60. The first kappa shape index (κ1) is 13.0. The molecule has 1 fully saturated rings. The molecule has 0 aromatic carbocycles. The van der Waals surface area contributed by atoms with E-state index in [0.29, 0.717) is 11.4 Å². The molecular formula is C12H17F2N3O. The highest BCUT2D eigenvalue weighted by atomic mass is 19.3. The molecule has 100 valence electrons. The Bertz CT molecular complexity index is 427. The van der Waals surface area contributed by atoms with Crippen LogP contribution in [0.3, 0.4) is 0 Å². The second-order valence-electron chi connectivity index (χ2n) is 4.93. The van der Waals surface area contributed by atoms with Crippen molar-refractivity contribution in [2.24, 2.45) is 5.92 Å². The Balaban J connectivity index is 1.97. The lowest BCUT2D eigenvalue weighted by atomic mass is 9.86. The van der Waals surface area contributed by atoms with E-state index in [0.717, 1.165) is 5.69 Å². The van der Waals surface area contributed by atoms with Crippen LogP contribution in [0.4, 0.5) is 14.5 Å². The number of carbonyl (C=O) groups excluding carboxylic acids is 1. The van der Waals surface area contributed by atoms with Crippen molar-refractivity contribution in [3.8, 4) is 0 Å². The fraction of sp³-hybridized carbons (Fsp3) is 0.667. The van der Waals surface area contributed by atoms with Crippen LogP contribution in [0.15, 0.2) is 0 Å². The minimum atomic E-state index is -2.60. The van der Waals surface area contributed by atoms with Gasteiger partial charge in [-0.2, -0.15) is 5.10 Å². The summed E-state index contributed by atoms with van der Waals surface area (Å²) in [4.78, 5) is 12.0. The quantitative estimate of drug-likeness (QED) is 0.855. The first-order chi connectivity index (χ1) is 8.39. The third-order valence-electron chi connectivity index (χ3n) is 3.46. The molecule has 0 saturated heterocycles. The Morgan fingerprint density at radius 1 is 1.39 bits per heavy atom. The number of carbonyl (C=O) groups is 1. The van der Waals surface area contributed by atoms with Crippen molar-refractivity contribution < 1.29 is 13.6 Å². The zero-order valence-electron chi connectivity index (χ0n) is 10.5. The number of nitrogens with one attached hydrogen (secondary N) is 2. The summed E-state index contributed by atoms with van der Waals surface area (Å²) < 4.78 is 26.0. The molecule has 0 atom stereocenters. The van der Waals surface area contributed by atoms with E-state index >= 15 is 0 Å². The second-order valence-corrected chi connectivity index (χ2v) is 4.93. The van der Waals surface area contributed by atoms with Crippen LogP contribution in [0, 0.1) is 19.8 Å². The smallest absolute Gasteiger partial charge is 0.248 e. The van der Waals surface area contributed by atoms with E-state index in [2.05, 4.69) is 15.5 Å².